The van der Waals surface area contributed by atoms with Crippen LogP contribution in [0.4, 0.5) is 28.4 Å². The van der Waals surface area contributed by atoms with E-state index in [2.05, 4.69) is 190 Å². The van der Waals surface area contributed by atoms with Gasteiger partial charge in [0.25, 0.3) is 0 Å². The van der Waals surface area contributed by atoms with Gasteiger partial charge in [0.15, 0.2) is 5.78 Å². The maximum Gasteiger partial charge on any atom is 0.215 e. The van der Waals surface area contributed by atoms with Crippen LogP contribution in [0.15, 0.2) is 150 Å². The Morgan fingerprint density at radius 3 is 1.23 bits per heavy atom. The van der Waals surface area contributed by atoms with E-state index in [4.69, 9.17) is 0 Å². The first-order valence-corrected chi connectivity index (χ1v) is 22.3. The second-order valence-electron chi connectivity index (χ2n) is 21.6. The van der Waals surface area contributed by atoms with Gasteiger partial charge < -0.3 is 20.2 Å². The number of allylic oxidation sites excluding steroid dienone is 5. The van der Waals surface area contributed by atoms with Crippen molar-refractivity contribution in [3.05, 3.63) is 183 Å². The van der Waals surface area contributed by atoms with Crippen molar-refractivity contribution in [1.82, 2.24) is 4.58 Å². The number of phenolic OH excluding ortho intramolecular Hbond substituents is 1. The average molecular weight is 853 g/mol. The molecule has 7 rings (SSSR count). The molecule has 0 amide bonds. The van der Waals surface area contributed by atoms with Crippen molar-refractivity contribution in [2.45, 2.75) is 119 Å². The first-order valence-electron chi connectivity index (χ1n) is 22.3. The Morgan fingerprint density at radius 1 is 0.500 bits per heavy atom. The number of Topliss-reactive ketones (excluding diaryl/α,β-unsaturated/α-hetero) is 1. The van der Waals surface area contributed by atoms with Crippen molar-refractivity contribution < 1.29 is 20.1 Å². The lowest BCUT2D eigenvalue weighted by Gasteiger charge is -2.35. The summed E-state index contributed by atoms with van der Waals surface area (Å²) in [5, 5.41) is 37.8. The van der Waals surface area contributed by atoms with Gasteiger partial charge >= 0.3 is 0 Å². The van der Waals surface area contributed by atoms with E-state index >= 15 is 0 Å². The molecule has 0 saturated heterocycles. The normalized spacial score (nSPS) is 16.1. The average Bonchev–Trinajstić information content (AvgIpc) is 3.20. The number of anilines is 3. The maximum atomic E-state index is 14.2. The number of aromatic hydroxyl groups is 1. The zero-order valence-electron chi connectivity index (χ0n) is 40.2. The van der Waals surface area contributed by atoms with E-state index in [1.165, 1.54) is 22.3 Å². The molecule has 0 saturated carbocycles. The lowest BCUT2D eigenvalue weighted by Crippen LogP contribution is -2.32. The van der Waals surface area contributed by atoms with Gasteiger partial charge in [-0.2, -0.15) is 4.58 Å². The number of benzene rings is 5. The number of carbonyl (C=O) groups is 1. The minimum Gasteiger partial charge on any atom is -0.871 e. The Balaban J connectivity index is 1.30. The van der Waals surface area contributed by atoms with Gasteiger partial charge in [0, 0.05) is 70.1 Å². The first-order chi connectivity index (χ1) is 29.8. The Hall–Kier alpha value is -6.40. The Kier molecular flexibility index (Phi) is 11.6. The Morgan fingerprint density at radius 2 is 0.891 bits per heavy atom. The number of ketones is 1. The molecule has 0 atom stereocenters. The van der Waals surface area contributed by atoms with Gasteiger partial charge in [-0.1, -0.05) is 137 Å². The predicted molar refractivity (Wildman–Crippen MR) is 265 cm³/mol. The molecule has 0 aliphatic heterocycles. The van der Waals surface area contributed by atoms with E-state index in [9.17, 15) is 20.1 Å². The van der Waals surface area contributed by atoms with Gasteiger partial charge in [-0.15, -0.1) is 0 Å². The minimum absolute atomic E-state index is 0.0290. The number of phenols is 1. The summed E-state index contributed by atoms with van der Waals surface area (Å²) in [6.45, 7) is 29.8. The molecule has 330 valence electrons. The minimum atomic E-state index is -0.512. The van der Waals surface area contributed by atoms with E-state index in [1.54, 1.807) is 12.1 Å². The molecule has 6 nitrogen and oxygen atoms in total. The standard InChI is InChI=1S/C58H64N2O4/c1-35-31-45(59(41-23-15-37(16-24-41)55(3,4)5)42-25-17-38(18-26-42)56(6,7)8)33-47(61)49(35)51-53(63)52(54(51)64)50-36(2)32-46(34-48(50)62)60(43-27-19-39(20-28-43)57(9,10)11)44-29-21-40(22-30-44)58(12,13)14/h15-34H,1-14H3,(H2,61,62,63,64). The molecule has 0 radical (unpaired) electrons. The summed E-state index contributed by atoms with van der Waals surface area (Å²) in [7, 11) is 0. The van der Waals surface area contributed by atoms with Crippen LogP contribution in [0.3, 0.4) is 0 Å². The summed E-state index contributed by atoms with van der Waals surface area (Å²) in [6, 6.07) is 37.2. The zero-order valence-corrected chi connectivity index (χ0v) is 40.2. The number of nitrogens with zero attached hydrogens (tertiary/aromatic N) is 2. The SMILES string of the molecule is CC1=CC(=[N+](c2ccc(C(C)(C)C)cc2)c2ccc(C(C)(C)C)cc2)C=C(O)/C1=C1\C(=O)C(c2c(C)cc(N(c3ccc(C(C)(C)C)cc3)c3ccc(C(C)(C)C)cc3)cc2O)=C1[O-]. The molecular weight excluding hydrogens is 789 g/mol. The van der Waals surface area contributed by atoms with Crippen LogP contribution in [0.1, 0.15) is 123 Å². The van der Waals surface area contributed by atoms with Gasteiger partial charge in [-0.05, 0) is 99.2 Å². The van der Waals surface area contributed by atoms with Gasteiger partial charge in [0.2, 0.25) is 17.1 Å². The quantitative estimate of drug-likeness (QED) is 0.131. The van der Waals surface area contributed by atoms with E-state index in [0.717, 1.165) is 22.7 Å². The highest BCUT2D eigenvalue weighted by Crippen LogP contribution is 2.47. The molecule has 2 aliphatic rings. The molecule has 0 heterocycles. The van der Waals surface area contributed by atoms with Crippen LogP contribution in [-0.2, 0) is 26.5 Å². The molecule has 0 bridgehead atoms. The third-order valence-electron chi connectivity index (χ3n) is 12.5. The number of rotatable bonds is 6. The van der Waals surface area contributed by atoms with E-state index in [1.807, 2.05) is 26.0 Å². The molecule has 2 aliphatic carbocycles. The topological polar surface area (TPSA) is 86.8 Å². The van der Waals surface area contributed by atoms with Gasteiger partial charge in [0.05, 0.1) is 11.8 Å². The maximum absolute atomic E-state index is 14.2. The van der Waals surface area contributed by atoms with Gasteiger partial charge in [0.1, 0.15) is 11.5 Å². The number of hydrogen-bond acceptors (Lipinski definition) is 5. The van der Waals surface area contributed by atoms with Crippen LogP contribution in [0.2, 0.25) is 0 Å². The molecule has 6 heteroatoms. The summed E-state index contributed by atoms with van der Waals surface area (Å²) < 4.78 is 2.08. The number of aliphatic hydroxyl groups excluding tert-OH is 1. The largest absolute Gasteiger partial charge is 0.871 e. The first kappa shape index (κ1) is 45.6. The van der Waals surface area contributed by atoms with Crippen molar-refractivity contribution >= 4 is 45.5 Å². The number of carbonyl (C=O) groups excluding carboxylic acids is 1. The molecule has 0 fully saturated rings. The van der Waals surface area contributed by atoms with Crippen LogP contribution in [0, 0.1) is 6.92 Å². The lowest BCUT2D eigenvalue weighted by atomic mass is 9.76. The van der Waals surface area contributed by atoms with Crippen LogP contribution in [0.5, 0.6) is 5.75 Å². The smallest absolute Gasteiger partial charge is 0.215 e. The molecule has 2 N–H and O–H groups in total. The Labute approximate surface area is 381 Å². The van der Waals surface area contributed by atoms with E-state index < -0.39 is 11.5 Å². The fourth-order valence-electron chi connectivity index (χ4n) is 8.59. The van der Waals surface area contributed by atoms with E-state index in [0.29, 0.717) is 22.5 Å². The van der Waals surface area contributed by atoms with Crippen molar-refractivity contribution in [3.63, 3.8) is 0 Å². The molecule has 64 heavy (non-hydrogen) atoms. The summed E-state index contributed by atoms with van der Waals surface area (Å²) >= 11 is 0. The highest BCUT2D eigenvalue weighted by molar-refractivity contribution is 6.40. The summed E-state index contributed by atoms with van der Waals surface area (Å²) in [5.74, 6) is -1.37. The highest BCUT2D eigenvalue weighted by Gasteiger charge is 2.37. The molecule has 5 aromatic carbocycles. The molecule has 0 spiro atoms. The third kappa shape index (κ3) is 8.75. The van der Waals surface area contributed by atoms with Gasteiger partial charge in [-0.25, -0.2) is 0 Å². The zero-order chi connectivity index (χ0) is 46.8. The monoisotopic (exact) mass is 852 g/mol. The molecular formula is C58H64N2O4. The predicted octanol–water partition coefficient (Wildman–Crippen LogP) is 13.7. The number of hydrogen-bond donors (Lipinski definition) is 2. The van der Waals surface area contributed by atoms with Crippen LogP contribution < -0.4 is 14.6 Å². The Bertz CT molecular complexity index is 2640. The van der Waals surface area contributed by atoms with Crippen LogP contribution in [-0.4, -0.2) is 21.7 Å². The van der Waals surface area contributed by atoms with Crippen molar-refractivity contribution in [1.29, 1.82) is 0 Å². The number of aliphatic hydroxyl groups is 1. The van der Waals surface area contributed by atoms with Crippen LogP contribution >= 0.6 is 0 Å². The molecule has 0 aromatic heterocycles. The fourth-order valence-corrected chi connectivity index (χ4v) is 8.59. The second kappa shape index (κ2) is 16.3. The second-order valence-corrected chi connectivity index (χ2v) is 21.6. The van der Waals surface area contributed by atoms with Crippen LogP contribution in [0.25, 0.3) is 5.57 Å². The highest BCUT2D eigenvalue weighted by atomic mass is 16.3. The lowest BCUT2D eigenvalue weighted by molar-refractivity contribution is -0.297. The summed E-state index contributed by atoms with van der Waals surface area (Å²) in [6.07, 6.45) is 3.53. The van der Waals surface area contributed by atoms with Crippen molar-refractivity contribution in [3.8, 4) is 5.75 Å². The number of aryl methyl sites for hydroxylation is 1. The summed E-state index contributed by atoms with van der Waals surface area (Å²) in [5.41, 5.74) is 11.0. The van der Waals surface area contributed by atoms with Crippen molar-refractivity contribution in [2.75, 3.05) is 4.90 Å². The van der Waals surface area contributed by atoms with Gasteiger partial charge in [-0.3, -0.25) is 4.79 Å². The molecule has 5 aromatic rings. The van der Waals surface area contributed by atoms with Crippen molar-refractivity contribution in [2.24, 2.45) is 0 Å². The fraction of sp³-hybridized carbons (Fsp3) is 0.310. The summed E-state index contributed by atoms with van der Waals surface area (Å²) in [4.78, 5) is 16.3. The molecule has 0 unspecified atom stereocenters. The van der Waals surface area contributed by atoms with E-state index in [-0.39, 0.29) is 55.5 Å². The third-order valence-corrected chi connectivity index (χ3v) is 12.5.